The van der Waals surface area contributed by atoms with E-state index in [1.54, 1.807) is 0 Å². The van der Waals surface area contributed by atoms with Crippen LogP contribution in [0.4, 0.5) is 13.2 Å². The Balaban J connectivity index is 4.62. The molecule has 12 heavy (non-hydrogen) atoms. The molecule has 0 bridgehead atoms. The lowest BCUT2D eigenvalue weighted by Gasteiger charge is -2.26. The second kappa shape index (κ2) is 3.43. The zero-order chi connectivity index (χ0) is 9.99. The molecule has 0 radical (unpaired) electrons. The molecule has 0 aromatic rings. The molecule has 1 atom stereocenters. The summed E-state index contributed by atoms with van der Waals surface area (Å²) in [7, 11) is 0. The van der Waals surface area contributed by atoms with Crippen LogP contribution in [-0.2, 0) is 9.53 Å². The molecule has 0 aromatic carbocycles. The molecule has 0 heterocycles. The molecule has 5 heteroatoms. The lowest BCUT2D eigenvalue weighted by Crippen LogP contribution is -2.49. The summed E-state index contributed by atoms with van der Waals surface area (Å²) in [6, 6.07) is 0. The van der Waals surface area contributed by atoms with E-state index in [1.807, 2.05) is 0 Å². The predicted molar refractivity (Wildman–Crippen MR) is 36.8 cm³/mol. The van der Waals surface area contributed by atoms with Crippen molar-refractivity contribution in [3.63, 3.8) is 0 Å². The Bertz CT molecular complexity index is 177. The van der Waals surface area contributed by atoms with Crippen LogP contribution in [0.25, 0.3) is 0 Å². The van der Waals surface area contributed by atoms with Gasteiger partial charge in [0.2, 0.25) is 0 Å². The first kappa shape index (κ1) is 11.4. The second-order valence-corrected chi connectivity index (χ2v) is 2.51. The van der Waals surface area contributed by atoms with Gasteiger partial charge >= 0.3 is 6.11 Å². The zero-order valence-electron chi connectivity index (χ0n) is 7.16. The maximum atomic E-state index is 13.0. The van der Waals surface area contributed by atoms with Crippen molar-refractivity contribution in [2.45, 2.75) is 32.5 Å². The SMILES string of the molecule is CCOC(F)(F)C(C)(F)C(C)=O. The van der Waals surface area contributed by atoms with Crippen LogP contribution in [0, 0.1) is 0 Å². The molecule has 0 aromatic heterocycles. The quantitative estimate of drug-likeness (QED) is 0.667. The van der Waals surface area contributed by atoms with Gasteiger partial charge < -0.3 is 4.74 Å². The molecule has 0 fully saturated rings. The Morgan fingerprint density at radius 2 is 1.83 bits per heavy atom. The van der Waals surface area contributed by atoms with E-state index >= 15 is 0 Å². The average Bonchev–Trinajstić information content (AvgIpc) is 1.86. The fraction of sp³-hybridized carbons (Fsp3) is 0.857. The molecule has 1 unspecified atom stereocenters. The number of carbonyl (C=O) groups is 1. The fourth-order valence-electron chi connectivity index (χ4n) is 0.522. The molecule has 0 aliphatic rings. The van der Waals surface area contributed by atoms with Crippen LogP contribution in [0.5, 0.6) is 0 Å². The average molecular weight is 184 g/mol. The van der Waals surface area contributed by atoms with E-state index in [-0.39, 0.29) is 6.61 Å². The van der Waals surface area contributed by atoms with Crippen LogP contribution in [0.2, 0.25) is 0 Å². The third-order valence-electron chi connectivity index (χ3n) is 1.53. The number of hydrogen-bond acceptors (Lipinski definition) is 2. The summed E-state index contributed by atoms with van der Waals surface area (Å²) in [5, 5.41) is 0. The van der Waals surface area contributed by atoms with E-state index in [0.717, 1.165) is 6.92 Å². The predicted octanol–water partition coefficient (Wildman–Crippen LogP) is 1.93. The van der Waals surface area contributed by atoms with Gasteiger partial charge in [0.25, 0.3) is 5.67 Å². The van der Waals surface area contributed by atoms with Gasteiger partial charge in [-0.25, -0.2) is 4.39 Å². The van der Waals surface area contributed by atoms with Crippen LogP contribution >= 0.6 is 0 Å². The van der Waals surface area contributed by atoms with Crippen molar-refractivity contribution in [3.8, 4) is 0 Å². The lowest BCUT2D eigenvalue weighted by molar-refractivity contribution is -0.293. The minimum Gasteiger partial charge on any atom is -0.318 e. The molecule has 0 spiro atoms. The van der Waals surface area contributed by atoms with Crippen LogP contribution in [0.3, 0.4) is 0 Å². The van der Waals surface area contributed by atoms with E-state index < -0.39 is 17.6 Å². The molecule has 2 nitrogen and oxygen atoms in total. The zero-order valence-corrected chi connectivity index (χ0v) is 7.16. The van der Waals surface area contributed by atoms with E-state index in [9.17, 15) is 18.0 Å². The van der Waals surface area contributed by atoms with E-state index in [2.05, 4.69) is 4.74 Å². The summed E-state index contributed by atoms with van der Waals surface area (Å²) < 4.78 is 42.0. The molecular formula is C7H11F3O2. The highest BCUT2D eigenvalue weighted by molar-refractivity contribution is 5.85. The van der Waals surface area contributed by atoms with Gasteiger partial charge in [0.05, 0.1) is 6.61 Å². The number of rotatable bonds is 4. The van der Waals surface area contributed by atoms with Crippen LogP contribution in [0.15, 0.2) is 0 Å². The van der Waals surface area contributed by atoms with Crippen LogP contribution < -0.4 is 0 Å². The summed E-state index contributed by atoms with van der Waals surface area (Å²) >= 11 is 0. The largest absolute Gasteiger partial charge is 0.396 e. The minimum atomic E-state index is -4.05. The van der Waals surface area contributed by atoms with Crippen molar-refractivity contribution in [2.75, 3.05) is 6.61 Å². The molecule has 0 rings (SSSR count). The third kappa shape index (κ3) is 1.97. The summed E-state index contributed by atoms with van der Waals surface area (Å²) in [6.45, 7) is 2.21. The number of carbonyl (C=O) groups excluding carboxylic acids is 1. The lowest BCUT2D eigenvalue weighted by atomic mass is 10.0. The monoisotopic (exact) mass is 184 g/mol. The molecule has 0 N–H and O–H groups in total. The van der Waals surface area contributed by atoms with Gasteiger partial charge in [-0.15, -0.1) is 0 Å². The molecule has 0 aliphatic heterocycles. The molecule has 72 valence electrons. The summed E-state index contributed by atoms with van der Waals surface area (Å²) in [4.78, 5) is 10.5. The van der Waals surface area contributed by atoms with Crippen molar-refractivity contribution in [1.29, 1.82) is 0 Å². The minimum absolute atomic E-state index is 0.347. The molecule has 0 amide bonds. The number of ether oxygens (including phenoxy) is 1. The van der Waals surface area contributed by atoms with Gasteiger partial charge in [-0.1, -0.05) is 0 Å². The number of halogens is 3. The number of hydrogen-bond donors (Lipinski definition) is 0. The normalized spacial score (nSPS) is 17.2. The smallest absolute Gasteiger partial charge is 0.318 e. The summed E-state index contributed by atoms with van der Waals surface area (Å²) in [5.41, 5.74) is -3.25. The number of ketones is 1. The van der Waals surface area contributed by atoms with Gasteiger partial charge in [-0.05, 0) is 20.8 Å². The van der Waals surface area contributed by atoms with Crippen LogP contribution in [-0.4, -0.2) is 24.2 Å². The molecule has 0 aliphatic carbocycles. The highest BCUT2D eigenvalue weighted by atomic mass is 19.3. The van der Waals surface area contributed by atoms with Crippen molar-refractivity contribution in [1.82, 2.24) is 0 Å². The molecule has 0 saturated heterocycles. The molecular weight excluding hydrogens is 173 g/mol. The Kier molecular flexibility index (Phi) is 3.26. The number of alkyl halides is 3. The topological polar surface area (TPSA) is 26.3 Å². The van der Waals surface area contributed by atoms with Gasteiger partial charge in [0, 0.05) is 0 Å². The molecule has 0 saturated carbocycles. The Labute approximate surface area is 68.7 Å². The second-order valence-electron chi connectivity index (χ2n) is 2.51. The maximum Gasteiger partial charge on any atom is 0.396 e. The van der Waals surface area contributed by atoms with Gasteiger partial charge in [0.15, 0.2) is 5.78 Å². The van der Waals surface area contributed by atoms with Crippen molar-refractivity contribution in [3.05, 3.63) is 0 Å². The fourth-order valence-corrected chi connectivity index (χ4v) is 0.522. The summed E-state index contributed by atoms with van der Waals surface area (Å²) in [5.74, 6) is -1.25. The third-order valence-corrected chi connectivity index (χ3v) is 1.53. The highest BCUT2D eigenvalue weighted by Crippen LogP contribution is 2.33. The summed E-state index contributed by atoms with van der Waals surface area (Å²) in [6.07, 6.45) is -4.05. The Morgan fingerprint density at radius 3 is 2.08 bits per heavy atom. The van der Waals surface area contributed by atoms with Gasteiger partial charge in [0.1, 0.15) is 0 Å². The van der Waals surface area contributed by atoms with Crippen molar-refractivity contribution in [2.24, 2.45) is 0 Å². The van der Waals surface area contributed by atoms with E-state index in [0.29, 0.717) is 6.92 Å². The highest BCUT2D eigenvalue weighted by Gasteiger charge is 2.56. The first-order valence-corrected chi connectivity index (χ1v) is 3.47. The van der Waals surface area contributed by atoms with Gasteiger partial charge in [-0.2, -0.15) is 8.78 Å². The van der Waals surface area contributed by atoms with Crippen molar-refractivity contribution >= 4 is 5.78 Å². The standard InChI is InChI=1S/C7H11F3O2/c1-4-12-7(9,10)6(3,8)5(2)11/h4H2,1-3H3. The first-order chi connectivity index (χ1) is 5.25. The van der Waals surface area contributed by atoms with Crippen LogP contribution in [0.1, 0.15) is 20.8 Å². The Hall–Kier alpha value is -0.580. The number of Topliss-reactive ketones (excluding diaryl/α,β-unsaturated/α-hetero) is 1. The Morgan fingerprint density at radius 1 is 1.42 bits per heavy atom. The first-order valence-electron chi connectivity index (χ1n) is 3.47. The van der Waals surface area contributed by atoms with E-state index in [4.69, 9.17) is 0 Å². The maximum absolute atomic E-state index is 13.0. The van der Waals surface area contributed by atoms with Crippen molar-refractivity contribution < 1.29 is 22.7 Å². The van der Waals surface area contributed by atoms with E-state index in [1.165, 1.54) is 6.92 Å². The van der Waals surface area contributed by atoms with Gasteiger partial charge in [-0.3, -0.25) is 4.79 Å².